The van der Waals surface area contributed by atoms with Gasteiger partial charge in [0.25, 0.3) is 0 Å². The van der Waals surface area contributed by atoms with E-state index in [4.69, 9.17) is 10.5 Å². The Morgan fingerprint density at radius 1 is 1.71 bits per heavy atom. The summed E-state index contributed by atoms with van der Waals surface area (Å²) >= 11 is 3.31. The number of aromatic nitrogens is 1. The topological polar surface area (TPSA) is 77.2 Å². The highest BCUT2D eigenvalue weighted by Crippen LogP contribution is 2.17. The van der Waals surface area contributed by atoms with Gasteiger partial charge in [-0.25, -0.2) is 4.98 Å². The number of anilines is 1. The Kier molecular flexibility index (Phi) is 5.54. The maximum absolute atomic E-state index is 11.7. The lowest BCUT2D eigenvalue weighted by atomic mass is 10.2. The Bertz CT molecular complexity index is 394. The van der Waals surface area contributed by atoms with Crippen molar-refractivity contribution in [3.8, 4) is 0 Å². The highest BCUT2D eigenvalue weighted by atomic mass is 79.9. The van der Waals surface area contributed by atoms with Crippen LogP contribution in [0, 0.1) is 6.92 Å². The Morgan fingerprint density at radius 3 is 2.94 bits per heavy atom. The molecule has 0 fully saturated rings. The highest BCUT2D eigenvalue weighted by Gasteiger charge is 2.12. The normalized spacial score (nSPS) is 12.2. The number of hydrogen-bond acceptors (Lipinski definition) is 4. The summed E-state index contributed by atoms with van der Waals surface area (Å²) in [5, 5.41) is 2.73. The van der Waals surface area contributed by atoms with Crippen LogP contribution >= 0.6 is 15.9 Å². The molecule has 0 saturated heterocycles. The van der Waals surface area contributed by atoms with Crippen molar-refractivity contribution in [2.24, 2.45) is 5.73 Å². The summed E-state index contributed by atoms with van der Waals surface area (Å²) in [5.74, 6) is 0.408. The number of ether oxygens (including phenoxy) is 1. The van der Waals surface area contributed by atoms with Gasteiger partial charge in [0.2, 0.25) is 5.91 Å². The molecule has 1 heterocycles. The fraction of sp³-hybridized carbons (Fsp3) is 0.455. The van der Waals surface area contributed by atoms with E-state index < -0.39 is 0 Å². The first-order valence-corrected chi connectivity index (χ1v) is 6.01. The van der Waals surface area contributed by atoms with E-state index in [1.165, 1.54) is 7.11 Å². The van der Waals surface area contributed by atoms with Crippen molar-refractivity contribution in [2.45, 2.75) is 19.4 Å². The lowest BCUT2D eigenvalue weighted by Crippen LogP contribution is -2.28. The van der Waals surface area contributed by atoms with Crippen LogP contribution in [0.5, 0.6) is 0 Å². The third kappa shape index (κ3) is 4.41. The van der Waals surface area contributed by atoms with E-state index in [1.807, 2.05) is 13.0 Å². The summed E-state index contributed by atoms with van der Waals surface area (Å²) in [7, 11) is 1.54. The third-order valence-corrected chi connectivity index (χ3v) is 2.75. The smallest absolute Gasteiger partial charge is 0.228 e. The van der Waals surface area contributed by atoms with Crippen LogP contribution in [0.4, 0.5) is 5.82 Å². The van der Waals surface area contributed by atoms with Gasteiger partial charge >= 0.3 is 0 Å². The van der Waals surface area contributed by atoms with Crippen molar-refractivity contribution in [3.63, 3.8) is 0 Å². The van der Waals surface area contributed by atoms with Crippen LogP contribution in [0.2, 0.25) is 0 Å². The fourth-order valence-corrected chi connectivity index (χ4v) is 1.77. The number of carbonyl (C=O) groups excluding carboxylic acids is 1. The van der Waals surface area contributed by atoms with Crippen LogP contribution < -0.4 is 11.1 Å². The van der Waals surface area contributed by atoms with Gasteiger partial charge in [0.15, 0.2) is 0 Å². The Morgan fingerprint density at radius 2 is 2.41 bits per heavy atom. The first kappa shape index (κ1) is 14.1. The standard InChI is InChI=1S/C11H16BrN3O2/c1-7-3-8(12)6-14-11(7)15-10(16)4-9(5-13)17-2/h3,6,9H,4-5,13H2,1-2H3,(H,14,15,16). The molecule has 1 amide bonds. The van der Waals surface area contributed by atoms with E-state index in [-0.39, 0.29) is 18.4 Å². The SMILES string of the molecule is COC(CN)CC(=O)Nc1ncc(Br)cc1C. The highest BCUT2D eigenvalue weighted by molar-refractivity contribution is 9.10. The molecule has 0 aliphatic carbocycles. The zero-order valence-corrected chi connectivity index (χ0v) is 11.5. The lowest BCUT2D eigenvalue weighted by Gasteiger charge is -2.13. The quantitative estimate of drug-likeness (QED) is 0.863. The van der Waals surface area contributed by atoms with Gasteiger partial charge < -0.3 is 15.8 Å². The number of rotatable bonds is 5. The maximum atomic E-state index is 11.7. The first-order chi connectivity index (χ1) is 8.06. The molecule has 1 rings (SSSR count). The van der Waals surface area contributed by atoms with Crippen molar-refractivity contribution in [2.75, 3.05) is 19.0 Å². The Balaban J connectivity index is 2.62. The van der Waals surface area contributed by atoms with Gasteiger partial charge in [-0.2, -0.15) is 0 Å². The van der Waals surface area contributed by atoms with Crippen molar-refractivity contribution in [3.05, 3.63) is 22.3 Å². The molecule has 6 heteroatoms. The lowest BCUT2D eigenvalue weighted by molar-refractivity contribution is -0.118. The maximum Gasteiger partial charge on any atom is 0.228 e. The summed E-state index contributed by atoms with van der Waals surface area (Å²) in [6, 6.07) is 1.89. The molecule has 1 aromatic heterocycles. The number of pyridine rings is 1. The number of hydrogen-bond donors (Lipinski definition) is 2. The van der Waals surface area contributed by atoms with Crippen LogP contribution in [-0.4, -0.2) is 30.6 Å². The van der Waals surface area contributed by atoms with Crippen LogP contribution in [-0.2, 0) is 9.53 Å². The van der Waals surface area contributed by atoms with Gasteiger partial charge in [-0.3, -0.25) is 4.79 Å². The second-order valence-corrected chi connectivity index (χ2v) is 4.58. The molecule has 0 aromatic carbocycles. The summed E-state index contributed by atoms with van der Waals surface area (Å²) in [4.78, 5) is 15.8. The van der Waals surface area contributed by atoms with Gasteiger partial charge in [-0.1, -0.05) is 0 Å². The van der Waals surface area contributed by atoms with Crippen molar-refractivity contribution >= 4 is 27.7 Å². The molecule has 0 bridgehead atoms. The molecule has 3 N–H and O–H groups in total. The molecule has 0 aliphatic heterocycles. The molecule has 1 atom stereocenters. The summed E-state index contributed by atoms with van der Waals surface area (Å²) in [6.07, 6.45) is 1.61. The minimum Gasteiger partial charge on any atom is -0.380 e. The molecule has 94 valence electrons. The van der Waals surface area contributed by atoms with Crippen molar-refractivity contribution < 1.29 is 9.53 Å². The van der Waals surface area contributed by atoms with Crippen LogP contribution in [0.15, 0.2) is 16.7 Å². The zero-order valence-electron chi connectivity index (χ0n) is 9.87. The Labute approximate surface area is 109 Å². The molecule has 0 radical (unpaired) electrons. The van der Waals surface area contributed by atoms with E-state index in [0.29, 0.717) is 12.4 Å². The number of nitrogens with one attached hydrogen (secondary N) is 1. The average molecular weight is 302 g/mol. The molecule has 0 saturated carbocycles. The largest absolute Gasteiger partial charge is 0.380 e. The van der Waals surface area contributed by atoms with Gasteiger partial charge in [-0.05, 0) is 34.5 Å². The van der Waals surface area contributed by atoms with Crippen LogP contribution in [0.1, 0.15) is 12.0 Å². The van der Waals surface area contributed by atoms with E-state index in [0.717, 1.165) is 10.0 Å². The number of aryl methyl sites for hydroxylation is 1. The molecular weight excluding hydrogens is 286 g/mol. The molecule has 1 aromatic rings. The van der Waals surface area contributed by atoms with Crippen LogP contribution in [0.3, 0.4) is 0 Å². The van der Waals surface area contributed by atoms with Crippen LogP contribution in [0.25, 0.3) is 0 Å². The van der Waals surface area contributed by atoms with E-state index >= 15 is 0 Å². The number of halogens is 1. The van der Waals surface area contributed by atoms with E-state index in [2.05, 4.69) is 26.2 Å². The first-order valence-electron chi connectivity index (χ1n) is 5.21. The number of nitrogens with zero attached hydrogens (tertiary/aromatic N) is 1. The van der Waals surface area contributed by atoms with Gasteiger partial charge in [0.05, 0.1) is 12.5 Å². The molecule has 0 aliphatic rings. The molecule has 1 unspecified atom stereocenters. The molecule has 17 heavy (non-hydrogen) atoms. The van der Waals surface area contributed by atoms with Gasteiger partial charge in [0.1, 0.15) is 5.82 Å². The molecule has 5 nitrogen and oxygen atoms in total. The average Bonchev–Trinajstić information content (AvgIpc) is 2.29. The number of carbonyl (C=O) groups is 1. The molecular formula is C11H16BrN3O2. The van der Waals surface area contributed by atoms with E-state index in [9.17, 15) is 4.79 Å². The minimum absolute atomic E-state index is 0.153. The number of amides is 1. The summed E-state index contributed by atoms with van der Waals surface area (Å²) in [5.41, 5.74) is 6.35. The second kappa shape index (κ2) is 6.68. The Hall–Kier alpha value is -0.980. The van der Waals surface area contributed by atoms with Crippen molar-refractivity contribution in [1.29, 1.82) is 0 Å². The summed E-state index contributed by atoms with van der Waals surface area (Å²) in [6.45, 7) is 2.20. The predicted molar refractivity (Wildman–Crippen MR) is 69.8 cm³/mol. The monoisotopic (exact) mass is 301 g/mol. The van der Waals surface area contributed by atoms with E-state index in [1.54, 1.807) is 6.20 Å². The third-order valence-electron chi connectivity index (χ3n) is 2.31. The molecule has 0 spiro atoms. The predicted octanol–water partition coefficient (Wildman–Crippen LogP) is 1.45. The van der Waals surface area contributed by atoms with Gasteiger partial charge in [-0.15, -0.1) is 0 Å². The second-order valence-electron chi connectivity index (χ2n) is 3.66. The zero-order chi connectivity index (χ0) is 12.8. The fourth-order valence-electron chi connectivity index (χ4n) is 1.32. The summed E-state index contributed by atoms with van der Waals surface area (Å²) < 4.78 is 5.92. The number of nitrogens with two attached hydrogens (primary N) is 1. The van der Waals surface area contributed by atoms with Gasteiger partial charge in [0, 0.05) is 24.3 Å². The van der Waals surface area contributed by atoms with Crippen molar-refractivity contribution in [1.82, 2.24) is 4.98 Å². The minimum atomic E-state index is -0.259. The number of methoxy groups -OCH3 is 1.